The maximum Gasteiger partial charge on any atom is 0.160 e. The van der Waals surface area contributed by atoms with Crippen LogP contribution in [0.4, 0.5) is 11.4 Å². The van der Waals surface area contributed by atoms with Gasteiger partial charge in [0.25, 0.3) is 0 Å². The van der Waals surface area contributed by atoms with Crippen LogP contribution in [0.5, 0.6) is 11.5 Å². The Bertz CT molecular complexity index is 1570. The molecule has 0 fully saturated rings. The van der Waals surface area contributed by atoms with Gasteiger partial charge in [-0.3, -0.25) is 4.99 Å². The van der Waals surface area contributed by atoms with Crippen molar-refractivity contribution < 1.29 is 4.74 Å². The molecule has 1 aliphatic heterocycles. The maximum absolute atomic E-state index is 6.26. The first-order valence-corrected chi connectivity index (χ1v) is 14.3. The van der Waals surface area contributed by atoms with Gasteiger partial charge in [-0.25, -0.2) is 15.0 Å². The van der Waals surface area contributed by atoms with Crippen LogP contribution in [0.1, 0.15) is 43.9 Å². The van der Waals surface area contributed by atoms with Crippen LogP contribution in [0, 0.1) is 19.8 Å². The molecule has 1 aliphatic rings. The first-order chi connectivity index (χ1) is 20.3. The van der Waals surface area contributed by atoms with E-state index in [0.29, 0.717) is 29.8 Å². The predicted octanol–water partition coefficient (Wildman–Crippen LogP) is 8.64. The lowest BCUT2D eigenvalue weighted by molar-refractivity contribution is 0.409. The third-order valence-electron chi connectivity index (χ3n) is 7.03. The van der Waals surface area contributed by atoms with Gasteiger partial charge in [-0.2, -0.15) is 0 Å². The van der Waals surface area contributed by atoms with Gasteiger partial charge in [0, 0.05) is 31.6 Å². The summed E-state index contributed by atoms with van der Waals surface area (Å²) < 4.78 is 6.26. The second-order valence-corrected chi connectivity index (χ2v) is 10.4. The van der Waals surface area contributed by atoms with Crippen molar-refractivity contribution in [2.24, 2.45) is 25.9 Å². The van der Waals surface area contributed by atoms with Crippen LogP contribution in [0.25, 0.3) is 0 Å². The molecule has 0 saturated heterocycles. The summed E-state index contributed by atoms with van der Waals surface area (Å²) in [4.78, 5) is 20.5. The number of benzene rings is 3. The Morgan fingerprint density at radius 1 is 1.07 bits per heavy atom. The molecule has 1 N–H and O–H groups in total. The van der Waals surface area contributed by atoms with Gasteiger partial charge in [0.1, 0.15) is 29.4 Å². The second-order valence-electron chi connectivity index (χ2n) is 10.4. The van der Waals surface area contributed by atoms with Crippen molar-refractivity contribution >= 4 is 35.5 Å². The summed E-state index contributed by atoms with van der Waals surface area (Å²) in [6.07, 6.45) is 6.52. The fourth-order valence-electron chi connectivity index (χ4n) is 4.18. The molecule has 216 valence electrons. The summed E-state index contributed by atoms with van der Waals surface area (Å²) in [6.45, 7) is 15.2. The summed E-state index contributed by atoms with van der Waals surface area (Å²) >= 11 is 0. The van der Waals surface area contributed by atoms with Crippen LogP contribution in [-0.2, 0) is 6.54 Å². The average Bonchev–Trinajstić information content (AvgIpc) is 2.99. The summed E-state index contributed by atoms with van der Waals surface area (Å²) in [5.41, 5.74) is 6.41. The van der Waals surface area contributed by atoms with E-state index >= 15 is 0 Å². The van der Waals surface area contributed by atoms with Gasteiger partial charge in [-0.15, -0.1) is 0 Å². The van der Waals surface area contributed by atoms with Crippen molar-refractivity contribution in [2.45, 2.75) is 47.6 Å². The Labute approximate surface area is 249 Å². The monoisotopic (exact) mass is 560 g/mol. The van der Waals surface area contributed by atoms with E-state index in [4.69, 9.17) is 9.73 Å². The van der Waals surface area contributed by atoms with Gasteiger partial charge >= 0.3 is 0 Å². The summed E-state index contributed by atoms with van der Waals surface area (Å²) in [5.74, 6) is 3.17. The molecule has 0 aromatic heterocycles. The smallest absolute Gasteiger partial charge is 0.160 e. The molecule has 4 rings (SSSR count). The van der Waals surface area contributed by atoms with Crippen molar-refractivity contribution in [2.75, 3.05) is 12.4 Å². The van der Waals surface area contributed by atoms with Crippen molar-refractivity contribution in [1.82, 2.24) is 4.90 Å². The summed E-state index contributed by atoms with van der Waals surface area (Å²) in [5, 5.41) is 3.42. The molecule has 3 aromatic rings. The average molecular weight is 561 g/mol. The number of ether oxygens (including phenoxy) is 1. The normalized spacial score (nSPS) is 15.6. The number of allylic oxidation sites excluding steroid dienone is 1. The third-order valence-corrected chi connectivity index (χ3v) is 7.03. The molecule has 7 heteroatoms. The molecule has 0 radical (unpaired) electrons. The summed E-state index contributed by atoms with van der Waals surface area (Å²) in [7, 11) is 1.97. The molecule has 3 aromatic carbocycles. The predicted molar refractivity (Wildman–Crippen MR) is 178 cm³/mol. The highest BCUT2D eigenvalue weighted by molar-refractivity contribution is 6.52. The molecule has 42 heavy (non-hydrogen) atoms. The van der Waals surface area contributed by atoms with E-state index in [9.17, 15) is 0 Å². The highest BCUT2D eigenvalue weighted by Gasteiger charge is 2.19. The fourth-order valence-corrected chi connectivity index (χ4v) is 4.18. The van der Waals surface area contributed by atoms with Gasteiger partial charge < -0.3 is 15.0 Å². The minimum absolute atomic E-state index is 0.430. The maximum atomic E-state index is 6.26. The van der Waals surface area contributed by atoms with Crippen molar-refractivity contribution in [3.63, 3.8) is 0 Å². The van der Waals surface area contributed by atoms with Crippen LogP contribution in [0.15, 0.2) is 111 Å². The molecule has 1 heterocycles. The van der Waals surface area contributed by atoms with Crippen molar-refractivity contribution in [3.05, 3.63) is 108 Å². The molecule has 0 amide bonds. The zero-order valence-corrected chi connectivity index (χ0v) is 25.4. The summed E-state index contributed by atoms with van der Waals surface area (Å²) in [6, 6.07) is 22.2. The first-order valence-electron chi connectivity index (χ1n) is 14.3. The minimum Gasteiger partial charge on any atom is -0.457 e. The van der Waals surface area contributed by atoms with E-state index in [1.54, 1.807) is 0 Å². The Hall–Kier alpha value is -4.78. The SMILES string of the molecule is C=C(/N=C1/C(Nc2ccc(Oc3ccc(C)c(N=CC(C)CC)c3)c(C)c2)=NC=N/C1=C/C)N(C)Cc1ccccc1. The Morgan fingerprint density at radius 2 is 1.86 bits per heavy atom. The largest absolute Gasteiger partial charge is 0.457 e. The molecule has 1 unspecified atom stereocenters. The lowest BCUT2D eigenvalue weighted by Gasteiger charge is -2.21. The van der Waals surface area contributed by atoms with Crippen LogP contribution >= 0.6 is 0 Å². The number of nitrogens with zero attached hydrogens (tertiary/aromatic N) is 5. The van der Waals surface area contributed by atoms with Gasteiger partial charge in [0.05, 0.1) is 11.4 Å². The lowest BCUT2D eigenvalue weighted by Crippen LogP contribution is -2.28. The molecular weight excluding hydrogens is 520 g/mol. The van der Waals surface area contributed by atoms with Crippen LogP contribution in [0.3, 0.4) is 0 Å². The minimum atomic E-state index is 0.430. The van der Waals surface area contributed by atoms with Crippen molar-refractivity contribution in [3.8, 4) is 11.5 Å². The third kappa shape index (κ3) is 7.91. The van der Waals surface area contributed by atoms with Crippen molar-refractivity contribution in [1.29, 1.82) is 0 Å². The second kappa shape index (κ2) is 14.2. The molecule has 0 bridgehead atoms. The van der Waals surface area contributed by atoms with E-state index in [2.05, 4.69) is 59.8 Å². The van der Waals surface area contributed by atoms with E-state index in [-0.39, 0.29) is 0 Å². The topological polar surface area (TPSA) is 73.9 Å². The van der Waals surface area contributed by atoms with E-state index in [1.807, 2.05) is 92.7 Å². The van der Waals surface area contributed by atoms with E-state index < -0.39 is 0 Å². The fraction of sp³-hybridized carbons (Fsp3) is 0.257. The van der Waals surface area contributed by atoms with Gasteiger partial charge in [0.15, 0.2) is 5.84 Å². The van der Waals surface area contributed by atoms with Gasteiger partial charge in [0.2, 0.25) is 0 Å². The number of hydrogen-bond donors (Lipinski definition) is 1. The number of aliphatic imine (C=N–C) groups is 4. The number of amidine groups is 1. The highest BCUT2D eigenvalue weighted by Crippen LogP contribution is 2.31. The molecular formula is C35H40N6O. The number of hydrogen-bond acceptors (Lipinski definition) is 7. The number of aryl methyl sites for hydroxylation is 2. The quantitative estimate of drug-likeness (QED) is 0.252. The number of rotatable bonds is 10. The number of anilines is 1. The Morgan fingerprint density at radius 3 is 2.57 bits per heavy atom. The zero-order chi connectivity index (χ0) is 30.1. The van der Waals surface area contributed by atoms with Gasteiger partial charge in [-0.05, 0) is 74.1 Å². The molecule has 0 aliphatic carbocycles. The Balaban J connectivity index is 1.50. The van der Waals surface area contributed by atoms with Crippen LogP contribution in [0.2, 0.25) is 0 Å². The van der Waals surface area contributed by atoms with Gasteiger partial charge in [-0.1, -0.05) is 62.9 Å². The number of nitrogens with one attached hydrogen (secondary N) is 1. The molecule has 7 nitrogen and oxygen atoms in total. The Kier molecular flexibility index (Phi) is 10.2. The van der Waals surface area contributed by atoms with Crippen LogP contribution < -0.4 is 10.1 Å². The molecule has 1 atom stereocenters. The van der Waals surface area contributed by atoms with E-state index in [0.717, 1.165) is 46.1 Å². The molecule has 0 spiro atoms. The highest BCUT2D eigenvalue weighted by atomic mass is 16.5. The lowest BCUT2D eigenvalue weighted by atomic mass is 10.1. The standard InChI is InChI=1S/C35H40N6O/c1-8-24(3)21-36-32-20-30(17-15-25(32)4)42-33-18-16-29(19-26(33)5)40-35-34(31(9-2)37-23-38-35)39-27(6)41(7)22-28-13-11-10-12-14-28/h9-21,23-24H,6,8,22H2,1-5,7H3,(H,37,38,40)/b31-9+,36-21?,39-34+. The van der Waals surface area contributed by atoms with Crippen LogP contribution in [-0.4, -0.2) is 36.0 Å². The van der Waals surface area contributed by atoms with E-state index in [1.165, 1.54) is 11.9 Å². The zero-order valence-electron chi connectivity index (χ0n) is 25.4. The first kappa shape index (κ1) is 30.2. The molecule has 0 saturated carbocycles.